The molecule has 0 aliphatic rings. The van der Waals surface area contributed by atoms with Crippen molar-refractivity contribution in [3.63, 3.8) is 0 Å². The van der Waals surface area contributed by atoms with Gasteiger partial charge in [0.15, 0.2) is 0 Å². The lowest BCUT2D eigenvalue weighted by molar-refractivity contribution is -0.384. The maximum atomic E-state index is 10.7. The highest BCUT2D eigenvalue weighted by atomic mass is 32.1. The SMILES string of the molecule is Cc1csc([C@@H](C#N)C=NCc2cc([N+](=O)[O-])ccc2O)n1. The molecule has 0 saturated carbocycles. The van der Waals surface area contributed by atoms with Crippen LogP contribution in [0, 0.1) is 28.4 Å². The Morgan fingerprint density at radius 1 is 1.64 bits per heavy atom. The molecule has 1 heterocycles. The minimum Gasteiger partial charge on any atom is -0.508 e. The number of aromatic nitrogens is 1. The summed E-state index contributed by atoms with van der Waals surface area (Å²) in [6.45, 7) is 1.89. The summed E-state index contributed by atoms with van der Waals surface area (Å²) in [5.74, 6) is -0.638. The molecule has 112 valence electrons. The number of non-ortho nitro benzene ring substituents is 1. The first-order valence-electron chi connectivity index (χ1n) is 6.29. The van der Waals surface area contributed by atoms with E-state index in [4.69, 9.17) is 5.26 Å². The van der Waals surface area contributed by atoms with Crippen LogP contribution in [0.25, 0.3) is 0 Å². The van der Waals surface area contributed by atoms with Crippen LogP contribution >= 0.6 is 11.3 Å². The molecule has 1 N–H and O–H groups in total. The van der Waals surface area contributed by atoms with Gasteiger partial charge in [0.25, 0.3) is 5.69 Å². The predicted octanol–water partition coefficient (Wildman–Crippen LogP) is 2.94. The van der Waals surface area contributed by atoms with Crippen LogP contribution in [0.3, 0.4) is 0 Å². The van der Waals surface area contributed by atoms with E-state index in [1.54, 1.807) is 0 Å². The van der Waals surface area contributed by atoms with Gasteiger partial charge in [0, 0.05) is 35.0 Å². The Labute approximate surface area is 130 Å². The average molecular weight is 316 g/mol. The number of phenolic OH excluding ortho intramolecular Hbond substituents is 1. The van der Waals surface area contributed by atoms with E-state index in [-0.39, 0.29) is 18.0 Å². The first-order valence-corrected chi connectivity index (χ1v) is 7.17. The van der Waals surface area contributed by atoms with Crippen LogP contribution in [0.5, 0.6) is 5.75 Å². The van der Waals surface area contributed by atoms with Crippen molar-refractivity contribution in [2.24, 2.45) is 4.99 Å². The summed E-state index contributed by atoms with van der Waals surface area (Å²) in [7, 11) is 0. The van der Waals surface area contributed by atoms with Crippen molar-refractivity contribution in [3.05, 3.63) is 50.0 Å². The molecule has 2 rings (SSSR count). The lowest BCUT2D eigenvalue weighted by Crippen LogP contribution is -1.97. The average Bonchev–Trinajstić information content (AvgIpc) is 2.91. The highest BCUT2D eigenvalue weighted by molar-refractivity contribution is 7.09. The molecule has 0 radical (unpaired) electrons. The fourth-order valence-corrected chi connectivity index (χ4v) is 2.54. The van der Waals surface area contributed by atoms with Crippen molar-refractivity contribution in [2.45, 2.75) is 19.4 Å². The summed E-state index contributed by atoms with van der Waals surface area (Å²) in [5, 5.41) is 32.0. The molecule has 1 aromatic carbocycles. The van der Waals surface area contributed by atoms with E-state index < -0.39 is 10.8 Å². The molecular formula is C14H12N4O3S. The predicted molar refractivity (Wildman–Crippen MR) is 82.2 cm³/mol. The summed E-state index contributed by atoms with van der Waals surface area (Å²) < 4.78 is 0. The van der Waals surface area contributed by atoms with E-state index in [2.05, 4.69) is 16.0 Å². The molecule has 0 spiro atoms. The molecule has 2 aromatic rings. The van der Waals surface area contributed by atoms with Gasteiger partial charge in [0.2, 0.25) is 0 Å². The van der Waals surface area contributed by atoms with Gasteiger partial charge in [-0.2, -0.15) is 5.26 Å². The number of aliphatic imine (C=N–C) groups is 1. The zero-order valence-corrected chi connectivity index (χ0v) is 12.4. The van der Waals surface area contributed by atoms with Crippen LogP contribution in [0.2, 0.25) is 0 Å². The van der Waals surface area contributed by atoms with E-state index >= 15 is 0 Å². The standard InChI is InChI=1S/C14H12N4O3S/c1-9-8-22-14(17-9)11(5-15)7-16-6-10-4-12(18(20)21)2-3-13(10)19/h2-4,7-8,11,19H,6H2,1H3/t11-/m0/s1. The van der Waals surface area contributed by atoms with Crippen molar-refractivity contribution < 1.29 is 10.0 Å². The smallest absolute Gasteiger partial charge is 0.270 e. The van der Waals surface area contributed by atoms with Crippen LogP contribution < -0.4 is 0 Å². The summed E-state index contributed by atoms with van der Waals surface area (Å²) in [4.78, 5) is 18.5. The number of nitriles is 1. The van der Waals surface area contributed by atoms with Crippen molar-refractivity contribution in [3.8, 4) is 11.8 Å². The zero-order chi connectivity index (χ0) is 16.1. The molecule has 1 atom stereocenters. The van der Waals surface area contributed by atoms with Crippen LogP contribution in [0.15, 0.2) is 28.6 Å². The van der Waals surface area contributed by atoms with Gasteiger partial charge in [-0.1, -0.05) is 0 Å². The highest BCUT2D eigenvalue weighted by Gasteiger charge is 2.12. The molecule has 0 bridgehead atoms. The Hall–Kier alpha value is -2.79. The highest BCUT2D eigenvalue weighted by Crippen LogP contribution is 2.24. The molecule has 0 fully saturated rings. The summed E-state index contributed by atoms with van der Waals surface area (Å²) >= 11 is 1.37. The maximum Gasteiger partial charge on any atom is 0.270 e. The number of aromatic hydroxyl groups is 1. The van der Waals surface area contributed by atoms with Gasteiger partial charge < -0.3 is 5.11 Å². The summed E-state index contributed by atoms with van der Waals surface area (Å²) in [5.41, 5.74) is 1.05. The van der Waals surface area contributed by atoms with Gasteiger partial charge in [0.05, 0.1) is 17.5 Å². The molecular weight excluding hydrogens is 304 g/mol. The normalized spacial score (nSPS) is 12.2. The van der Waals surface area contributed by atoms with Gasteiger partial charge in [-0.05, 0) is 13.0 Å². The van der Waals surface area contributed by atoms with E-state index in [1.165, 1.54) is 35.8 Å². The number of nitro benzene ring substituents is 1. The number of nitro groups is 1. The van der Waals surface area contributed by atoms with Crippen LogP contribution in [0.4, 0.5) is 5.69 Å². The van der Waals surface area contributed by atoms with E-state index in [1.807, 2.05) is 12.3 Å². The van der Waals surface area contributed by atoms with Crippen molar-refractivity contribution in [1.82, 2.24) is 4.98 Å². The van der Waals surface area contributed by atoms with Gasteiger partial charge in [-0.15, -0.1) is 11.3 Å². The van der Waals surface area contributed by atoms with Crippen LogP contribution in [-0.2, 0) is 6.54 Å². The number of benzene rings is 1. The Kier molecular flexibility index (Phi) is 4.80. The van der Waals surface area contributed by atoms with Gasteiger partial charge in [-0.3, -0.25) is 15.1 Å². The number of aryl methyl sites for hydroxylation is 1. The maximum absolute atomic E-state index is 10.7. The van der Waals surface area contributed by atoms with Gasteiger partial charge >= 0.3 is 0 Å². The van der Waals surface area contributed by atoms with Crippen LogP contribution in [0.1, 0.15) is 22.2 Å². The fraction of sp³-hybridized carbons (Fsp3) is 0.214. The van der Waals surface area contributed by atoms with Crippen molar-refractivity contribution in [2.75, 3.05) is 0 Å². The molecule has 0 aliphatic carbocycles. The monoisotopic (exact) mass is 316 g/mol. The molecule has 0 unspecified atom stereocenters. The third-order valence-corrected chi connectivity index (χ3v) is 3.88. The van der Waals surface area contributed by atoms with Crippen molar-refractivity contribution >= 4 is 23.2 Å². The number of thiazole rings is 1. The van der Waals surface area contributed by atoms with Gasteiger partial charge in [0.1, 0.15) is 16.7 Å². The number of hydrogen-bond acceptors (Lipinski definition) is 7. The van der Waals surface area contributed by atoms with Gasteiger partial charge in [-0.25, -0.2) is 4.98 Å². The first-order chi connectivity index (χ1) is 10.5. The third-order valence-electron chi connectivity index (χ3n) is 2.83. The van der Waals surface area contributed by atoms with Crippen LogP contribution in [-0.4, -0.2) is 21.2 Å². The lowest BCUT2D eigenvalue weighted by Gasteiger charge is -2.02. The lowest BCUT2D eigenvalue weighted by atomic mass is 10.1. The molecule has 7 nitrogen and oxygen atoms in total. The number of phenols is 1. The molecule has 0 aliphatic heterocycles. The Bertz CT molecular complexity index is 764. The fourth-order valence-electron chi connectivity index (χ4n) is 1.74. The molecule has 0 amide bonds. The molecule has 0 saturated heterocycles. The van der Waals surface area contributed by atoms with E-state index in [0.29, 0.717) is 10.6 Å². The molecule has 1 aromatic heterocycles. The van der Waals surface area contributed by atoms with Crippen molar-refractivity contribution in [1.29, 1.82) is 5.26 Å². The number of hydrogen-bond donors (Lipinski definition) is 1. The zero-order valence-electron chi connectivity index (χ0n) is 11.6. The Morgan fingerprint density at radius 2 is 2.41 bits per heavy atom. The Balaban J connectivity index is 2.13. The minimum atomic E-state index is -0.570. The minimum absolute atomic E-state index is 0.0516. The second kappa shape index (κ2) is 6.78. The molecule has 8 heteroatoms. The van der Waals surface area contributed by atoms with E-state index in [0.717, 1.165) is 5.69 Å². The topological polar surface area (TPSA) is 112 Å². The molecule has 22 heavy (non-hydrogen) atoms. The number of rotatable bonds is 5. The quantitative estimate of drug-likeness (QED) is 0.517. The van der Waals surface area contributed by atoms with E-state index in [9.17, 15) is 15.2 Å². The first kappa shape index (κ1) is 15.6. The Morgan fingerprint density at radius 3 is 3.00 bits per heavy atom. The largest absolute Gasteiger partial charge is 0.508 e. The summed E-state index contributed by atoms with van der Waals surface area (Å²) in [6.07, 6.45) is 1.44. The second-order valence-electron chi connectivity index (χ2n) is 4.49. The number of nitrogens with zero attached hydrogens (tertiary/aromatic N) is 4. The third kappa shape index (κ3) is 3.65. The summed E-state index contributed by atoms with van der Waals surface area (Å²) in [6, 6.07) is 5.84. The second-order valence-corrected chi connectivity index (χ2v) is 5.38.